The Morgan fingerprint density at radius 3 is 2.43 bits per heavy atom. The zero-order chi connectivity index (χ0) is 16.9. The molecule has 23 heavy (non-hydrogen) atoms. The zero-order valence-corrected chi connectivity index (χ0v) is 14.6. The number of hydrogen-bond acceptors (Lipinski definition) is 2. The van der Waals surface area contributed by atoms with Crippen LogP contribution in [0.3, 0.4) is 0 Å². The number of ether oxygens (including phenoxy) is 1. The Labute approximate surface area is 139 Å². The van der Waals surface area contributed by atoms with Crippen molar-refractivity contribution in [1.29, 1.82) is 0 Å². The molecular weight excluding hydrogens is 286 g/mol. The molecule has 0 unspecified atom stereocenters. The van der Waals surface area contributed by atoms with Crippen LogP contribution in [0, 0.1) is 0 Å². The van der Waals surface area contributed by atoms with Gasteiger partial charge in [-0.2, -0.15) is 0 Å². The minimum atomic E-state index is -0.262. The van der Waals surface area contributed by atoms with Crippen LogP contribution >= 0.6 is 0 Å². The Hall–Kier alpha value is -2.03. The Morgan fingerprint density at radius 2 is 1.78 bits per heavy atom. The number of rotatable bonds is 7. The maximum Gasteiger partial charge on any atom is 0.255 e. The first kappa shape index (κ1) is 17.3. The van der Waals surface area contributed by atoms with E-state index in [9.17, 15) is 4.79 Å². The van der Waals surface area contributed by atoms with Crippen LogP contribution in [0.2, 0.25) is 0 Å². The van der Waals surface area contributed by atoms with Crippen molar-refractivity contribution in [2.24, 2.45) is 0 Å². The largest absolute Gasteiger partial charge is 0.487 e. The number of benzene rings is 2. The van der Waals surface area contributed by atoms with Gasteiger partial charge in [-0.1, -0.05) is 51.1 Å². The van der Waals surface area contributed by atoms with E-state index in [1.54, 1.807) is 0 Å². The Morgan fingerprint density at radius 1 is 1.09 bits per heavy atom. The van der Waals surface area contributed by atoms with Crippen molar-refractivity contribution in [2.45, 2.75) is 52.6 Å². The zero-order valence-electron chi connectivity index (χ0n) is 14.6. The van der Waals surface area contributed by atoms with Crippen molar-refractivity contribution < 1.29 is 9.53 Å². The van der Waals surface area contributed by atoms with E-state index in [-0.39, 0.29) is 11.5 Å². The van der Waals surface area contributed by atoms with Crippen LogP contribution in [0.25, 0.3) is 10.8 Å². The van der Waals surface area contributed by atoms with Crippen LogP contribution in [0.1, 0.15) is 57.3 Å². The maximum absolute atomic E-state index is 12.7. The number of nitrogens with one attached hydrogen (secondary N) is 1. The summed E-state index contributed by atoms with van der Waals surface area (Å²) in [4.78, 5) is 12.7. The summed E-state index contributed by atoms with van der Waals surface area (Å²) in [5.74, 6) is 0.608. The van der Waals surface area contributed by atoms with Gasteiger partial charge in [0.15, 0.2) is 0 Å². The fourth-order valence-electron chi connectivity index (χ4n) is 2.56. The third-order valence-corrected chi connectivity index (χ3v) is 4.51. The standard InChI is InChI=1S/C20H27NO2/c1-5-14-21-19(22)18-16-11-9-8-10-15(16)12-13-17(18)23-20(4,6-2)7-3/h8-13H,5-7,14H2,1-4H3,(H,21,22). The lowest BCUT2D eigenvalue weighted by atomic mass is 9.98. The SMILES string of the molecule is CCCNC(=O)c1c(OC(C)(CC)CC)ccc2ccccc12. The molecule has 0 saturated carbocycles. The molecule has 0 aromatic heterocycles. The summed E-state index contributed by atoms with van der Waals surface area (Å²) in [5.41, 5.74) is 0.382. The van der Waals surface area contributed by atoms with Gasteiger partial charge in [-0.15, -0.1) is 0 Å². The van der Waals surface area contributed by atoms with Gasteiger partial charge in [0.1, 0.15) is 11.4 Å². The lowest BCUT2D eigenvalue weighted by Crippen LogP contribution is -2.32. The first-order valence-electron chi connectivity index (χ1n) is 8.53. The molecule has 1 N–H and O–H groups in total. The van der Waals surface area contributed by atoms with E-state index in [1.165, 1.54) is 0 Å². The van der Waals surface area contributed by atoms with Gasteiger partial charge in [0.25, 0.3) is 5.91 Å². The Kier molecular flexibility index (Phi) is 5.64. The molecule has 0 saturated heterocycles. The highest BCUT2D eigenvalue weighted by Gasteiger charge is 2.25. The highest BCUT2D eigenvalue weighted by molar-refractivity contribution is 6.09. The second-order valence-electron chi connectivity index (χ2n) is 6.17. The minimum Gasteiger partial charge on any atom is -0.487 e. The van der Waals surface area contributed by atoms with E-state index in [4.69, 9.17) is 4.74 Å². The Bertz CT molecular complexity index is 674. The molecular formula is C20H27NO2. The molecule has 3 heteroatoms. The van der Waals surface area contributed by atoms with Gasteiger partial charge in [0, 0.05) is 6.54 Å². The molecule has 1 amide bonds. The fourth-order valence-corrected chi connectivity index (χ4v) is 2.56. The summed E-state index contributed by atoms with van der Waals surface area (Å²) in [7, 11) is 0. The molecule has 124 valence electrons. The molecule has 0 atom stereocenters. The molecule has 0 aliphatic carbocycles. The molecule has 3 nitrogen and oxygen atoms in total. The number of fused-ring (bicyclic) bond motifs is 1. The first-order valence-corrected chi connectivity index (χ1v) is 8.53. The van der Waals surface area contributed by atoms with Gasteiger partial charge in [-0.3, -0.25) is 4.79 Å². The monoisotopic (exact) mass is 313 g/mol. The van der Waals surface area contributed by atoms with Crippen LogP contribution in [-0.2, 0) is 0 Å². The number of carbonyl (C=O) groups excluding carboxylic acids is 1. The third kappa shape index (κ3) is 3.84. The minimum absolute atomic E-state index is 0.0618. The fraction of sp³-hybridized carbons (Fsp3) is 0.450. The average Bonchev–Trinajstić information content (AvgIpc) is 2.59. The van der Waals surface area contributed by atoms with Crippen molar-refractivity contribution >= 4 is 16.7 Å². The molecule has 2 rings (SSSR count). The summed E-state index contributed by atoms with van der Waals surface area (Å²) in [5, 5.41) is 4.97. The van der Waals surface area contributed by atoms with Crippen molar-refractivity contribution in [3.05, 3.63) is 42.0 Å². The normalized spacial score (nSPS) is 11.5. The highest BCUT2D eigenvalue weighted by atomic mass is 16.5. The van der Waals surface area contributed by atoms with Gasteiger partial charge < -0.3 is 10.1 Å². The van der Waals surface area contributed by atoms with E-state index in [2.05, 4.69) is 26.1 Å². The maximum atomic E-state index is 12.7. The topological polar surface area (TPSA) is 38.3 Å². The quantitative estimate of drug-likeness (QED) is 0.786. The molecule has 0 radical (unpaired) electrons. The highest BCUT2D eigenvalue weighted by Crippen LogP contribution is 2.32. The summed E-state index contributed by atoms with van der Waals surface area (Å²) >= 11 is 0. The number of hydrogen-bond donors (Lipinski definition) is 1. The van der Waals surface area contributed by atoms with E-state index >= 15 is 0 Å². The van der Waals surface area contributed by atoms with Gasteiger partial charge in [-0.25, -0.2) is 0 Å². The van der Waals surface area contributed by atoms with Crippen LogP contribution in [-0.4, -0.2) is 18.1 Å². The summed E-state index contributed by atoms with van der Waals surface area (Å²) < 4.78 is 6.28. The van der Waals surface area contributed by atoms with E-state index < -0.39 is 0 Å². The summed E-state index contributed by atoms with van der Waals surface area (Å²) in [6, 6.07) is 11.9. The van der Waals surface area contributed by atoms with E-state index in [0.717, 1.165) is 30.0 Å². The molecule has 0 bridgehead atoms. The predicted molar refractivity (Wildman–Crippen MR) is 96.2 cm³/mol. The molecule has 0 heterocycles. The lowest BCUT2D eigenvalue weighted by Gasteiger charge is -2.29. The van der Waals surface area contributed by atoms with Crippen molar-refractivity contribution in [3.8, 4) is 5.75 Å². The van der Waals surface area contributed by atoms with Crippen molar-refractivity contribution in [1.82, 2.24) is 5.32 Å². The lowest BCUT2D eigenvalue weighted by molar-refractivity contribution is 0.0767. The van der Waals surface area contributed by atoms with Crippen LogP contribution < -0.4 is 10.1 Å². The summed E-state index contributed by atoms with van der Waals surface area (Å²) in [6.45, 7) is 9.03. The second kappa shape index (κ2) is 7.49. The molecule has 0 spiro atoms. The average molecular weight is 313 g/mol. The van der Waals surface area contributed by atoms with Crippen LogP contribution in [0.15, 0.2) is 36.4 Å². The van der Waals surface area contributed by atoms with Gasteiger partial charge >= 0.3 is 0 Å². The van der Waals surface area contributed by atoms with Gasteiger partial charge in [0.2, 0.25) is 0 Å². The summed E-state index contributed by atoms with van der Waals surface area (Å²) in [6.07, 6.45) is 2.70. The molecule has 0 fully saturated rings. The number of amides is 1. The van der Waals surface area contributed by atoms with Crippen molar-refractivity contribution in [2.75, 3.05) is 6.54 Å². The number of carbonyl (C=O) groups is 1. The second-order valence-corrected chi connectivity index (χ2v) is 6.17. The van der Waals surface area contributed by atoms with E-state index in [0.29, 0.717) is 17.9 Å². The molecule has 0 aliphatic heterocycles. The third-order valence-electron chi connectivity index (χ3n) is 4.51. The van der Waals surface area contributed by atoms with E-state index in [1.807, 2.05) is 43.3 Å². The predicted octanol–water partition coefficient (Wildman–Crippen LogP) is 4.94. The molecule has 2 aromatic carbocycles. The molecule has 2 aromatic rings. The van der Waals surface area contributed by atoms with Crippen molar-refractivity contribution in [3.63, 3.8) is 0 Å². The smallest absolute Gasteiger partial charge is 0.255 e. The van der Waals surface area contributed by atoms with Crippen LogP contribution in [0.4, 0.5) is 0 Å². The molecule has 0 aliphatic rings. The van der Waals surface area contributed by atoms with Gasteiger partial charge in [0.05, 0.1) is 5.56 Å². The van der Waals surface area contributed by atoms with Crippen LogP contribution in [0.5, 0.6) is 5.75 Å². The first-order chi connectivity index (χ1) is 11.0. The van der Waals surface area contributed by atoms with Gasteiger partial charge in [-0.05, 0) is 43.0 Å². The Balaban J connectivity index is 2.53.